The minimum Gasteiger partial charge on any atom is -0.313 e. The topological polar surface area (TPSA) is 43.6 Å². The molecule has 0 aliphatic carbocycles. The van der Waals surface area contributed by atoms with Crippen LogP contribution in [0.3, 0.4) is 0 Å². The minimum absolute atomic E-state index is 0.649. The standard InChI is InChI=1S/C52H36N4S/c1-3-4-7-17-34(2)56-46-26-14-12-24-41(46)42-29-28-39(33-47(42)56)37-22-16-23-38(30-37)40-31-44-43-25-13-15-27-48(43)57-49(44)45(32-40)52-54-50(35-18-8-5-9-19-35)53-51(55-52)36-20-10-6-11-21-36/h3-33H,1H2,2H3/b7-4-,34-17+. The van der Waals surface area contributed by atoms with Gasteiger partial charge in [0, 0.05) is 53.3 Å². The molecule has 0 aliphatic heterocycles. The second-order valence-corrected chi connectivity index (χ2v) is 15.2. The third kappa shape index (κ3) is 6.24. The van der Waals surface area contributed by atoms with Crippen LogP contribution in [0.5, 0.6) is 0 Å². The fourth-order valence-corrected chi connectivity index (χ4v) is 9.04. The number of thiophene rings is 1. The Morgan fingerprint density at radius 1 is 0.491 bits per heavy atom. The Morgan fingerprint density at radius 2 is 1.09 bits per heavy atom. The molecule has 0 bridgehead atoms. The number of hydrogen-bond acceptors (Lipinski definition) is 4. The first-order chi connectivity index (χ1) is 28.1. The van der Waals surface area contributed by atoms with E-state index in [4.69, 9.17) is 15.0 Å². The summed E-state index contributed by atoms with van der Waals surface area (Å²) in [7, 11) is 0. The maximum atomic E-state index is 5.18. The number of nitrogens with zero attached hydrogens (tertiary/aromatic N) is 4. The molecule has 3 heterocycles. The molecule has 0 amide bonds. The summed E-state index contributed by atoms with van der Waals surface area (Å²) in [5.41, 5.74) is 10.9. The lowest BCUT2D eigenvalue weighted by Crippen LogP contribution is -2.00. The minimum atomic E-state index is 0.649. The number of rotatable bonds is 8. The average Bonchev–Trinajstić information content (AvgIpc) is 3.82. The van der Waals surface area contributed by atoms with Crippen LogP contribution in [-0.4, -0.2) is 19.5 Å². The van der Waals surface area contributed by atoms with Gasteiger partial charge >= 0.3 is 0 Å². The van der Waals surface area contributed by atoms with Crippen molar-refractivity contribution in [3.63, 3.8) is 0 Å². The van der Waals surface area contributed by atoms with E-state index in [2.05, 4.69) is 152 Å². The lowest BCUT2D eigenvalue weighted by atomic mass is 9.95. The highest BCUT2D eigenvalue weighted by Crippen LogP contribution is 2.43. The van der Waals surface area contributed by atoms with Crippen LogP contribution in [-0.2, 0) is 0 Å². The highest BCUT2D eigenvalue weighted by atomic mass is 32.1. The summed E-state index contributed by atoms with van der Waals surface area (Å²) in [5, 5.41) is 4.88. The highest BCUT2D eigenvalue weighted by molar-refractivity contribution is 7.26. The number of aromatic nitrogens is 4. The third-order valence-corrected chi connectivity index (χ3v) is 11.8. The SMILES string of the molecule is C=C/C=C\C=C(/C)n1c2ccccc2c2ccc(-c3cccc(-c4cc(-c5nc(-c6ccccc6)nc(-c6ccccc6)n5)c5sc6ccccc6c5c4)c3)cc21. The summed E-state index contributed by atoms with van der Waals surface area (Å²) in [4.78, 5) is 15.3. The van der Waals surface area contributed by atoms with Crippen molar-refractivity contribution >= 4 is 59.0 Å². The molecule has 5 heteroatoms. The van der Waals surface area contributed by atoms with Gasteiger partial charge < -0.3 is 4.57 Å². The van der Waals surface area contributed by atoms with Gasteiger partial charge in [-0.3, -0.25) is 0 Å². The lowest BCUT2D eigenvalue weighted by Gasteiger charge is -2.12. The van der Waals surface area contributed by atoms with E-state index in [9.17, 15) is 0 Å². The molecule has 0 fully saturated rings. The van der Waals surface area contributed by atoms with Crippen molar-refractivity contribution < 1.29 is 0 Å². The van der Waals surface area contributed by atoms with Crippen LogP contribution in [0.25, 0.3) is 104 Å². The van der Waals surface area contributed by atoms with Crippen molar-refractivity contribution in [1.29, 1.82) is 0 Å². The van der Waals surface area contributed by atoms with Crippen LogP contribution in [0.2, 0.25) is 0 Å². The molecule has 0 radical (unpaired) electrons. The lowest BCUT2D eigenvalue weighted by molar-refractivity contribution is 1.08. The molecule has 0 atom stereocenters. The molecule has 3 aromatic heterocycles. The van der Waals surface area contributed by atoms with E-state index in [-0.39, 0.29) is 0 Å². The second kappa shape index (κ2) is 14.5. The summed E-state index contributed by atoms with van der Waals surface area (Å²) >= 11 is 1.79. The molecule has 0 spiro atoms. The summed E-state index contributed by atoms with van der Waals surface area (Å²) < 4.78 is 4.74. The van der Waals surface area contributed by atoms with Gasteiger partial charge in [0.05, 0.1) is 11.0 Å². The zero-order chi connectivity index (χ0) is 38.3. The first kappa shape index (κ1) is 34.3. The normalized spacial score (nSPS) is 12.1. The Morgan fingerprint density at radius 3 is 1.82 bits per heavy atom. The summed E-state index contributed by atoms with van der Waals surface area (Å²) in [6.45, 7) is 6.00. The highest BCUT2D eigenvalue weighted by Gasteiger charge is 2.19. The number of fused-ring (bicyclic) bond motifs is 6. The van der Waals surface area contributed by atoms with E-state index in [1.807, 2.05) is 48.6 Å². The van der Waals surface area contributed by atoms with Gasteiger partial charge in [0.15, 0.2) is 17.5 Å². The Hall–Kier alpha value is -7.21. The Labute approximate surface area is 335 Å². The molecule has 57 heavy (non-hydrogen) atoms. The van der Waals surface area contributed by atoms with Crippen LogP contribution in [0.15, 0.2) is 195 Å². The molecule has 0 aliphatic rings. The predicted molar refractivity (Wildman–Crippen MR) is 242 cm³/mol. The summed E-state index contributed by atoms with van der Waals surface area (Å²) in [5.74, 6) is 1.95. The third-order valence-electron chi connectivity index (χ3n) is 10.6. The van der Waals surface area contributed by atoms with Gasteiger partial charge in [0.25, 0.3) is 0 Å². The van der Waals surface area contributed by atoms with Gasteiger partial charge in [-0.05, 0) is 71.7 Å². The van der Waals surface area contributed by atoms with Gasteiger partial charge in [-0.25, -0.2) is 15.0 Å². The van der Waals surface area contributed by atoms with Gasteiger partial charge in [-0.1, -0.05) is 152 Å². The van der Waals surface area contributed by atoms with Crippen LogP contribution in [0.1, 0.15) is 6.92 Å². The maximum absolute atomic E-state index is 5.18. The molecular weight excluding hydrogens is 713 g/mol. The van der Waals surface area contributed by atoms with Crippen LogP contribution >= 0.6 is 11.3 Å². The Kier molecular flexibility index (Phi) is 8.70. The smallest absolute Gasteiger partial charge is 0.165 e. The fourth-order valence-electron chi connectivity index (χ4n) is 7.85. The van der Waals surface area contributed by atoms with Gasteiger partial charge in [0.2, 0.25) is 0 Å². The van der Waals surface area contributed by atoms with Crippen molar-refractivity contribution in [2.75, 3.05) is 0 Å². The molecule has 0 N–H and O–H groups in total. The zero-order valence-electron chi connectivity index (χ0n) is 31.3. The number of benzene rings is 7. The predicted octanol–water partition coefficient (Wildman–Crippen LogP) is 14.3. The van der Waals surface area contributed by atoms with Gasteiger partial charge in [0.1, 0.15) is 0 Å². The van der Waals surface area contributed by atoms with Gasteiger partial charge in [-0.15, -0.1) is 11.3 Å². The molecule has 0 saturated carbocycles. The number of hydrogen-bond donors (Lipinski definition) is 0. The quantitative estimate of drug-likeness (QED) is 0.145. The van der Waals surface area contributed by atoms with E-state index in [0.29, 0.717) is 17.5 Å². The van der Waals surface area contributed by atoms with Crippen molar-refractivity contribution in [3.8, 4) is 56.4 Å². The Bertz CT molecular complexity index is 3150. The van der Waals surface area contributed by atoms with Crippen LogP contribution in [0, 0.1) is 0 Å². The van der Waals surface area contributed by atoms with E-state index in [0.717, 1.165) is 49.3 Å². The number of allylic oxidation sites excluding steroid dienone is 5. The molecule has 7 aromatic carbocycles. The molecule has 0 saturated heterocycles. The molecule has 10 aromatic rings. The van der Waals surface area contributed by atoms with Crippen molar-refractivity contribution in [2.45, 2.75) is 6.92 Å². The molecule has 4 nitrogen and oxygen atoms in total. The first-order valence-electron chi connectivity index (χ1n) is 19.1. The van der Waals surface area contributed by atoms with Crippen LogP contribution in [0.4, 0.5) is 0 Å². The van der Waals surface area contributed by atoms with E-state index in [1.54, 1.807) is 17.4 Å². The first-order valence-corrected chi connectivity index (χ1v) is 19.9. The van der Waals surface area contributed by atoms with Crippen molar-refractivity contribution in [2.24, 2.45) is 0 Å². The number of para-hydroxylation sites is 1. The molecular formula is C52H36N4S. The van der Waals surface area contributed by atoms with Crippen LogP contribution < -0.4 is 0 Å². The van der Waals surface area contributed by atoms with E-state index in [1.165, 1.54) is 37.3 Å². The fraction of sp³-hybridized carbons (Fsp3) is 0.0192. The monoisotopic (exact) mass is 748 g/mol. The maximum Gasteiger partial charge on any atom is 0.165 e. The second-order valence-electron chi connectivity index (χ2n) is 14.1. The summed E-state index contributed by atoms with van der Waals surface area (Å²) in [6.07, 6.45) is 7.94. The van der Waals surface area contributed by atoms with Gasteiger partial charge in [-0.2, -0.15) is 0 Å². The van der Waals surface area contributed by atoms with E-state index >= 15 is 0 Å². The average molecular weight is 749 g/mol. The zero-order valence-corrected chi connectivity index (χ0v) is 32.1. The van der Waals surface area contributed by atoms with Crippen molar-refractivity contribution in [3.05, 3.63) is 195 Å². The van der Waals surface area contributed by atoms with Crippen molar-refractivity contribution in [1.82, 2.24) is 19.5 Å². The molecule has 0 unspecified atom stereocenters. The Balaban J connectivity index is 1.16. The molecule has 10 rings (SSSR count). The molecule has 270 valence electrons. The summed E-state index contributed by atoms with van der Waals surface area (Å²) in [6, 6.07) is 57.9. The largest absolute Gasteiger partial charge is 0.313 e. The van der Waals surface area contributed by atoms with E-state index < -0.39 is 0 Å².